The minimum Gasteiger partial charge on any atom is -0.299 e. The first kappa shape index (κ1) is 13.4. The number of hydrogen-bond donors (Lipinski definition) is 0. The van der Waals surface area contributed by atoms with Gasteiger partial charge in [0.05, 0.1) is 4.47 Å². The first-order chi connectivity index (χ1) is 7.28. The third kappa shape index (κ3) is 4.44. The average Bonchev–Trinajstić information content (AvgIpc) is 2.08. The number of carbonyl (C=O) groups excluding carboxylic acids is 1. The first-order valence-electron chi connectivity index (χ1n) is 5.23. The fourth-order valence-electron chi connectivity index (χ4n) is 1.53. The molecule has 0 fully saturated rings. The molecule has 0 unspecified atom stereocenters. The molecule has 1 aromatic rings. The molecule has 3 heteroatoms. The summed E-state index contributed by atoms with van der Waals surface area (Å²) in [4.78, 5) is 11.7. The number of halogens is 2. The van der Waals surface area contributed by atoms with Crippen LogP contribution in [-0.2, 0) is 11.2 Å². The highest BCUT2D eigenvalue weighted by molar-refractivity contribution is 9.10. The number of Topliss-reactive ketones (excluding diaryl/α,β-unsaturated/α-hetero) is 1. The van der Waals surface area contributed by atoms with Crippen LogP contribution in [0.3, 0.4) is 0 Å². The zero-order valence-electron chi connectivity index (χ0n) is 9.81. The first-order valence-corrected chi connectivity index (χ1v) is 6.03. The zero-order valence-corrected chi connectivity index (χ0v) is 11.4. The molecule has 0 radical (unpaired) electrons. The van der Waals surface area contributed by atoms with Crippen molar-refractivity contribution < 1.29 is 9.18 Å². The number of ketones is 1. The highest BCUT2D eigenvalue weighted by Gasteiger charge is 2.16. The lowest BCUT2D eigenvalue weighted by atomic mass is 9.88. The summed E-state index contributed by atoms with van der Waals surface area (Å²) >= 11 is 3.11. The topological polar surface area (TPSA) is 17.1 Å². The van der Waals surface area contributed by atoms with E-state index < -0.39 is 0 Å². The standard InChI is InChI=1S/C13H16BrFO/c1-13(2,3)8-10(16)6-9-4-5-12(15)11(14)7-9/h4-5,7H,6,8H2,1-3H3. The molecule has 0 spiro atoms. The van der Waals surface area contributed by atoms with Crippen molar-refractivity contribution in [1.29, 1.82) is 0 Å². The number of rotatable bonds is 3. The van der Waals surface area contributed by atoms with Crippen LogP contribution in [0.4, 0.5) is 4.39 Å². The number of hydrogen-bond acceptors (Lipinski definition) is 1. The Kier molecular flexibility index (Phi) is 4.25. The van der Waals surface area contributed by atoms with Crippen LogP contribution in [0.1, 0.15) is 32.8 Å². The molecule has 0 saturated carbocycles. The van der Waals surface area contributed by atoms with Crippen LogP contribution in [0.5, 0.6) is 0 Å². The Morgan fingerprint density at radius 3 is 2.50 bits per heavy atom. The van der Waals surface area contributed by atoms with Gasteiger partial charge < -0.3 is 0 Å². The van der Waals surface area contributed by atoms with Gasteiger partial charge in [-0.05, 0) is 39.0 Å². The maximum absolute atomic E-state index is 13.0. The molecule has 1 rings (SSSR count). The Balaban J connectivity index is 2.67. The van der Waals surface area contributed by atoms with Crippen molar-refractivity contribution in [1.82, 2.24) is 0 Å². The highest BCUT2D eigenvalue weighted by Crippen LogP contribution is 2.21. The fourth-order valence-corrected chi connectivity index (χ4v) is 1.96. The van der Waals surface area contributed by atoms with Crippen molar-refractivity contribution in [2.24, 2.45) is 5.41 Å². The predicted molar refractivity (Wildman–Crippen MR) is 66.9 cm³/mol. The monoisotopic (exact) mass is 286 g/mol. The quantitative estimate of drug-likeness (QED) is 0.816. The molecule has 0 saturated heterocycles. The molecular formula is C13H16BrFO. The Bertz CT molecular complexity index is 393. The summed E-state index contributed by atoms with van der Waals surface area (Å²) in [6, 6.07) is 4.69. The molecule has 1 nitrogen and oxygen atoms in total. The molecule has 16 heavy (non-hydrogen) atoms. The lowest BCUT2D eigenvalue weighted by Crippen LogP contribution is -2.14. The number of benzene rings is 1. The second-order valence-electron chi connectivity index (χ2n) is 5.20. The van der Waals surface area contributed by atoms with Crippen LogP contribution < -0.4 is 0 Å². The fraction of sp³-hybridized carbons (Fsp3) is 0.462. The normalized spacial score (nSPS) is 11.6. The summed E-state index contributed by atoms with van der Waals surface area (Å²) in [5.74, 6) is -0.113. The minimum absolute atomic E-state index is 0.00828. The van der Waals surface area contributed by atoms with Gasteiger partial charge in [-0.3, -0.25) is 4.79 Å². The molecule has 1 aromatic carbocycles. The smallest absolute Gasteiger partial charge is 0.137 e. The molecule has 0 bridgehead atoms. The van der Waals surface area contributed by atoms with Crippen molar-refractivity contribution in [2.75, 3.05) is 0 Å². The summed E-state index contributed by atoms with van der Waals surface area (Å²) < 4.78 is 13.4. The van der Waals surface area contributed by atoms with Crippen LogP contribution in [0.25, 0.3) is 0 Å². The average molecular weight is 287 g/mol. The van der Waals surface area contributed by atoms with Gasteiger partial charge in [-0.15, -0.1) is 0 Å². The molecule has 0 amide bonds. The van der Waals surface area contributed by atoms with Crippen molar-refractivity contribution >= 4 is 21.7 Å². The summed E-state index contributed by atoms with van der Waals surface area (Å²) in [6.07, 6.45) is 0.915. The van der Waals surface area contributed by atoms with E-state index in [0.29, 0.717) is 17.3 Å². The van der Waals surface area contributed by atoms with E-state index in [-0.39, 0.29) is 17.0 Å². The molecule has 0 aliphatic rings. The van der Waals surface area contributed by atoms with E-state index in [4.69, 9.17) is 0 Å². The van der Waals surface area contributed by atoms with Crippen LogP contribution in [0, 0.1) is 11.2 Å². The summed E-state index contributed by atoms with van der Waals surface area (Å²) in [5.41, 5.74) is 0.858. The molecule has 0 atom stereocenters. The maximum atomic E-state index is 13.0. The van der Waals surface area contributed by atoms with E-state index in [0.717, 1.165) is 5.56 Å². The Morgan fingerprint density at radius 1 is 1.38 bits per heavy atom. The van der Waals surface area contributed by atoms with E-state index in [1.54, 1.807) is 12.1 Å². The molecular weight excluding hydrogens is 271 g/mol. The summed E-state index contributed by atoms with van der Waals surface area (Å²) in [6.45, 7) is 6.10. The third-order valence-corrected chi connectivity index (χ3v) is 2.72. The predicted octanol–water partition coefficient (Wildman–Crippen LogP) is 4.14. The van der Waals surface area contributed by atoms with E-state index in [1.807, 2.05) is 20.8 Å². The van der Waals surface area contributed by atoms with Crippen LogP contribution in [0.15, 0.2) is 22.7 Å². The Hall–Kier alpha value is -0.700. The third-order valence-electron chi connectivity index (χ3n) is 2.11. The maximum Gasteiger partial charge on any atom is 0.137 e. The molecule has 0 aliphatic heterocycles. The largest absolute Gasteiger partial charge is 0.299 e. The van der Waals surface area contributed by atoms with Gasteiger partial charge >= 0.3 is 0 Å². The zero-order chi connectivity index (χ0) is 12.3. The second kappa shape index (κ2) is 5.09. The minimum atomic E-state index is -0.299. The van der Waals surface area contributed by atoms with E-state index >= 15 is 0 Å². The Morgan fingerprint density at radius 2 is 2.00 bits per heavy atom. The van der Waals surface area contributed by atoms with Gasteiger partial charge in [-0.1, -0.05) is 26.8 Å². The van der Waals surface area contributed by atoms with Gasteiger partial charge in [0.25, 0.3) is 0 Å². The van der Waals surface area contributed by atoms with Gasteiger partial charge in [-0.25, -0.2) is 4.39 Å². The lowest BCUT2D eigenvalue weighted by Gasteiger charge is -2.16. The van der Waals surface area contributed by atoms with E-state index in [2.05, 4.69) is 15.9 Å². The van der Waals surface area contributed by atoms with Crippen LogP contribution >= 0.6 is 15.9 Å². The van der Waals surface area contributed by atoms with Crippen LogP contribution in [0.2, 0.25) is 0 Å². The molecule has 0 aliphatic carbocycles. The second-order valence-corrected chi connectivity index (χ2v) is 6.06. The highest BCUT2D eigenvalue weighted by atomic mass is 79.9. The van der Waals surface area contributed by atoms with Gasteiger partial charge in [-0.2, -0.15) is 0 Å². The van der Waals surface area contributed by atoms with Crippen LogP contribution in [-0.4, -0.2) is 5.78 Å². The summed E-state index contributed by atoms with van der Waals surface area (Å²) in [5, 5.41) is 0. The molecule has 0 aromatic heterocycles. The van der Waals surface area contributed by atoms with E-state index in [1.165, 1.54) is 6.07 Å². The Labute approximate surface area is 104 Å². The van der Waals surface area contributed by atoms with Crippen molar-refractivity contribution in [3.8, 4) is 0 Å². The molecule has 0 heterocycles. The van der Waals surface area contributed by atoms with Gasteiger partial charge in [0.2, 0.25) is 0 Å². The van der Waals surface area contributed by atoms with Gasteiger partial charge in [0.15, 0.2) is 0 Å². The van der Waals surface area contributed by atoms with Crippen molar-refractivity contribution in [2.45, 2.75) is 33.6 Å². The van der Waals surface area contributed by atoms with Crippen molar-refractivity contribution in [3.63, 3.8) is 0 Å². The molecule has 88 valence electrons. The van der Waals surface area contributed by atoms with E-state index in [9.17, 15) is 9.18 Å². The van der Waals surface area contributed by atoms with Gasteiger partial charge in [0, 0.05) is 12.8 Å². The van der Waals surface area contributed by atoms with Crippen molar-refractivity contribution in [3.05, 3.63) is 34.1 Å². The number of carbonyl (C=O) groups is 1. The summed E-state index contributed by atoms with van der Waals surface area (Å²) in [7, 11) is 0. The molecule has 0 N–H and O–H groups in total. The van der Waals surface area contributed by atoms with Gasteiger partial charge in [0.1, 0.15) is 11.6 Å². The lowest BCUT2D eigenvalue weighted by molar-refractivity contribution is -0.120. The SMILES string of the molecule is CC(C)(C)CC(=O)Cc1ccc(F)c(Br)c1.